The Hall–Kier alpha value is -0.0862. The molecule has 0 aliphatic rings. The Kier molecular flexibility index (Phi) is 7.45. The molecule has 0 radical (unpaired) electrons. The molecule has 0 spiro atoms. The van der Waals surface area contributed by atoms with E-state index in [4.69, 9.17) is 0 Å². The fourth-order valence-electron chi connectivity index (χ4n) is 2.43. The summed E-state index contributed by atoms with van der Waals surface area (Å²) in [4.78, 5) is 0. The number of hydrogen-bond acceptors (Lipinski definition) is 0. The molecule has 0 aromatic carbocycles. The smallest absolute Gasteiger partial charge is 0.0483 e. The van der Waals surface area contributed by atoms with Gasteiger partial charge in [0.25, 0.3) is 0 Å². The van der Waals surface area contributed by atoms with Gasteiger partial charge in [-0.1, -0.05) is 50.4 Å². The van der Waals surface area contributed by atoms with Crippen LogP contribution in [0.25, 0.3) is 0 Å². The summed E-state index contributed by atoms with van der Waals surface area (Å²) in [7, 11) is -1.89. The van der Waals surface area contributed by atoms with Gasteiger partial charge in [0.05, 0.1) is 0 Å². The van der Waals surface area contributed by atoms with E-state index in [0.29, 0.717) is 0 Å². The first-order valence-electron chi connectivity index (χ1n) is 7.33. The quantitative estimate of drug-likeness (QED) is 0.263. The molecule has 0 saturated heterocycles. The first kappa shape index (κ1) is 17.9. The van der Waals surface area contributed by atoms with Crippen LogP contribution < -0.4 is 0 Å². The van der Waals surface area contributed by atoms with Gasteiger partial charge >= 0.3 is 0 Å². The van der Waals surface area contributed by atoms with Gasteiger partial charge in [-0.05, 0) is 37.8 Å². The van der Waals surface area contributed by atoms with Crippen LogP contribution in [0.4, 0.5) is 0 Å². The van der Waals surface area contributed by atoms with Crippen LogP contribution in [0.2, 0.25) is 51.4 Å². The average molecular weight is 283 g/mol. The third-order valence-electron chi connectivity index (χ3n) is 2.87. The van der Waals surface area contributed by atoms with Crippen molar-refractivity contribution in [2.75, 3.05) is 0 Å². The first-order chi connectivity index (χ1) is 7.99. The number of rotatable bonds is 9. The molecule has 0 nitrogen and oxygen atoms in total. The van der Waals surface area contributed by atoms with Gasteiger partial charge in [0, 0.05) is 16.1 Å². The molecule has 0 aliphatic carbocycles. The van der Waals surface area contributed by atoms with Crippen LogP contribution in [0.15, 0.2) is 24.3 Å². The molecule has 0 amide bonds. The summed E-state index contributed by atoms with van der Waals surface area (Å²) in [5, 5.41) is 0. The third kappa shape index (κ3) is 12.4. The largest absolute Gasteiger partial charge is 0.100 e. The predicted octanol–water partition coefficient (Wildman–Crippen LogP) is 6.34. The lowest BCUT2D eigenvalue weighted by molar-refractivity contribution is 0.725. The highest BCUT2D eigenvalue weighted by molar-refractivity contribution is 6.77. The van der Waals surface area contributed by atoms with Gasteiger partial charge in [0.15, 0.2) is 0 Å². The van der Waals surface area contributed by atoms with Crippen LogP contribution in [0.1, 0.15) is 25.7 Å². The molecule has 0 bridgehead atoms. The third-order valence-corrected chi connectivity index (χ3v) is 5.99. The van der Waals surface area contributed by atoms with E-state index in [9.17, 15) is 0 Å². The lowest BCUT2D eigenvalue weighted by Crippen LogP contribution is -2.20. The Morgan fingerprint density at radius 1 is 0.667 bits per heavy atom. The monoisotopic (exact) mass is 282 g/mol. The molecule has 0 heterocycles. The van der Waals surface area contributed by atoms with Crippen molar-refractivity contribution in [1.29, 1.82) is 0 Å². The van der Waals surface area contributed by atoms with Gasteiger partial charge in [-0.15, -0.1) is 13.2 Å². The maximum absolute atomic E-state index is 4.24. The maximum Gasteiger partial charge on any atom is 0.0483 e. The van der Waals surface area contributed by atoms with Crippen molar-refractivity contribution in [2.24, 2.45) is 0 Å². The second-order valence-corrected chi connectivity index (χ2v) is 19.1. The summed E-state index contributed by atoms with van der Waals surface area (Å²) in [5.41, 5.74) is 2.95. The van der Waals surface area contributed by atoms with Crippen molar-refractivity contribution in [3.63, 3.8) is 0 Å². The summed E-state index contributed by atoms with van der Waals surface area (Å²) in [6.45, 7) is 23.0. The Bertz CT molecular complexity index is 246. The molecule has 2 heteroatoms. The van der Waals surface area contributed by atoms with Crippen molar-refractivity contribution < 1.29 is 0 Å². The van der Waals surface area contributed by atoms with E-state index in [0.717, 1.165) is 0 Å². The Morgan fingerprint density at radius 2 is 0.944 bits per heavy atom. The SMILES string of the molecule is C=C(CCCCC(=C)C[Si](C)(C)C)C[Si](C)(C)C. The van der Waals surface area contributed by atoms with Gasteiger partial charge < -0.3 is 0 Å². The predicted molar refractivity (Wildman–Crippen MR) is 93.1 cm³/mol. The van der Waals surface area contributed by atoms with E-state index in [1.807, 2.05) is 0 Å². The minimum atomic E-state index is -0.946. The van der Waals surface area contributed by atoms with Crippen LogP contribution in [0.5, 0.6) is 0 Å². The van der Waals surface area contributed by atoms with E-state index in [2.05, 4.69) is 52.4 Å². The Balaban J connectivity index is 3.69. The Morgan fingerprint density at radius 3 is 1.17 bits per heavy atom. The fraction of sp³-hybridized carbons (Fsp3) is 0.750. The summed E-state index contributed by atoms with van der Waals surface area (Å²) in [6, 6.07) is 2.59. The molecule has 0 atom stereocenters. The van der Waals surface area contributed by atoms with Crippen molar-refractivity contribution in [1.82, 2.24) is 0 Å². The van der Waals surface area contributed by atoms with Crippen molar-refractivity contribution >= 4 is 16.1 Å². The zero-order valence-corrected chi connectivity index (χ0v) is 15.7. The number of allylic oxidation sites excluding steroid dienone is 2. The fourth-order valence-corrected chi connectivity index (χ4v) is 5.78. The molecule has 0 rings (SSSR count). The van der Waals surface area contributed by atoms with Gasteiger partial charge in [0.1, 0.15) is 0 Å². The minimum absolute atomic E-state index is 0.946. The first-order valence-corrected chi connectivity index (χ1v) is 14.7. The topological polar surface area (TPSA) is 0 Å². The van der Waals surface area contributed by atoms with E-state index in [-0.39, 0.29) is 0 Å². The lowest BCUT2D eigenvalue weighted by Gasteiger charge is -2.18. The van der Waals surface area contributed by atoms with E-state index < -0.39 is 16.1 Å². The molecule has 0 saturated carbocycles. The van der Waals surface area contributed by atoms with Gasteiger partial charge in [-0.25, -0.2) is 0 Å². The maximum atomic E-state index is 4.24. The molecule has 0 N–H and O–H groups in total. The zero-order valence-electron chi connectivity index (χ0n) is 13.7. The summed E-state index contributed by atoms with van der Waals surface area (Å²) < 4.78 is 0. The molecule has 106 valence electrons. The minimum Gasteiger partial charge on any atom is -0.100 e. The molecule has 0 aliphatic heterocycles. The molecular formula is C16H34Si2. The summed E-state index contributed by atoms with van der Waals surface area (Å²) in [5.74, 6) is 0. The van der Waals surface area contributed by atoms with Crippen LogP contribution in [0, 0.1) is 0 Å². The van der Waals surface area contributed by atoms with E-state index in [1.54, 1.807) is 0 Å². The molecule has 0 fully saturated rings. The van der Waals surface area contributed by atoms with Crippen molar-refractivity contribution in [2.45, 2.75) is 77.1 Å². The van der Waals surface area contributed by atoms with Crippen molar-refractivity contribution in [3.05, 3.63) is 24.3 Å². The second-order valence-electron chi connectivity index (χ2n) is 8.18. The second kappa shape index (κ2) is 7.49. The van der Waals surface area contributed by atoms with Crippen LogP contribution in [-0.4, -0.2) is 16.1 Å². The molecule has 18 heavy (non-hydrogen) atoms. The highest BCUT2D eigenvalue weighted by Crippen LogP contribution is 2.22. The average Bonchev–Trinajstić information content (AvgIpc) is 2.06. The van der Waals surface area contributed by atoms with E-state index >= 15 is 0 Å². The lowest BCUT2D eigenvalue weighted by atomic mass is 10.1. The van der Waals surface area contributed by atoms with E-state index in [1.165, 1.54) is 48.9 Å². The summed E-state index contributed by atoms with van der Waals surface area (Å²) >= 11 is 0. The van der Waals surface area contributed by atoms with Crippen molar-refractivity contribution in [3.8, 4) is 0 Å². The number of unbranched alkanes of at least 4 members (excludes halogenated alkanes) is 1. The Labute approximate surface area is 118 Å². The molecule has 0 aromatic rings. The standard InChI is InChI=1S/C16H34Si2/c1-15(13-17(3,4)5)11-9-10-12-16(2)14-18(6,7)8/h1-2,9-14H2,3-8H3. The zero-order chi connectivity index (χ0) is 14.4. The summed E-state index contributed by atoms with van der Waals surface area (Å²) in [6.07, 6.45) is 5.05. The highest BCUT2D eigenvalue weighted by atomic mass is 28.3. The van der Waals surface area contributed by atoms with Crippen LogP contribution >= 0.6 is 0 Å². The highest BCUT2D eigenvalue weighted by Gasteiger charge is 2.15. The normalized spacial score (nSPS) is 12.6. The van der Waals surface area contributed by atoms with Gasteiger partial charge in [-0.2, -0.15) is 0 Å². The van der Waals surface area contributed by atoms with Crippen LogP contribution in [-0.2, 0) is 0 Å². The molecular weight excluding hydrogens is 248 g/mol. The molecule has 0 unspecified atom stereocenters. The van der Waals surface area contributed by atoms with Crippen LogP contribution in [0.3, 0.4) is 0 Å². The molecule has 0 aromatic heterocycles. The van der Waals surface area contributed by atoms with Gasteiger partial charge in [-0.3, -0.25) is 0 Å². The van der Waals surface area contributed by atoms with Gasteiger partial charge in [0.2, 0.25) is 0 Å². The number of hydrogen-bond donors (Lipinski definition) is 0.